The number of hydrogen-bond donors (Lipinski definition) is 0. The lowest BCUT2D eigenvalue weighted by atomic mass is 10.0. The molecule has 0 amide bonds. The van der Waals surface area contributed by atoms with Gasteiger partial charge in [0, 0.05) is 62.1 Å². The molecule has 0 saturated heterocycles. The predicted octanol–water partition coefficient (Wildman–Crippen LogP) is 15.2. The maximum Gasteiger partial charge on any atom is 0.159 e. The molecule has 4 nitrogen and oxygen atoms in total. The van der Waals surface area contributed by atoms with Gasteiger partial charge in [-0.25, -0.2) is 0 Å². The highest BCUT2D eigenvalue weighted by atomic mass is 16.3. The molecule has 0 aliphatic carbocycles. The lowest BCUT2D eigenvalue weighted by molar-refractivity contribution is 0.669. The van der Waals surface area contributed by atoms with Gasteiger partial charge in [0.05, 0.1) is 5.69 Å². The van der Waals surface area contributed by atoms with Gasteiger partial charge in [-0.15, -0.1) is 0 Å². The van der Waals surface area contributed by atoms with Crippen LogP contribution in [0.1, 0.15) is 0 Å². The van der Waals surface area contributed by atoms with Crippen LogP contribution in [0.5, 0.6) is 0 Å². The third-order valence-corrected chi connectivity index (χ3v) is 10.8. The topological polar surface area (TPSA) is 32.8 Å². The van der Waals surface area contributed by atoms with E-state index in [0.717, 1.165) is 83.6 Å². The van der Waals surface area contributed by atoms with Gasteiger partial charge in [-0.3, -0.25) is 0 Å². The van der Waals surface area contributed by atoms with E-state index in [4.69, 9.17) is 8.83 Å². The summed E-state index contributed by atoms with van der Waals surface area (Å²) in [6.45, 7) is 0. The van der Waals surface area contributed by atoms with Crippen LogP contribution in [0.15, 0.2) is 215 Å². The summed E-state index contributed by atoms with van der Waals surface area (Å²) in [5.74, 6) is 0. The van der Waals surface area contributed by atoms with Crippen molar-refractivity contribution in [3.63, 3.8) is 0 Å². The van der Waals surface area contributed by atoms with Crippen molar-refractivity contribution >= 4 is 88.8 Å². The molecule has 2 aromatic heterocycles. The summed E-state index contributed by atoms with van der Waals surface area (Å²) in [5, 5.41) is 6.80. The molecule has 9 aromatic carbocycles. The third-order valence-electron chi connectivity index (χ3n) is 10.8. The largest absolute Gasteiger partial charge is 0.456 e. The molecule has 0 aliphatic rings. The molecule has 264 valence electrons. The number of nitrogens with zero attached hydrogens (tertiary/aromatic N) is 2. The monoisotopic (exact) mass is 718 g/mol. The van der Waals surface area contributed by atoms with Crippen LogP contribution in [0.3, 0.4) is 0 Å². The Kier molecular flexibility index (Phi) is 7.46. The zero-order valence-electron chi connectivity index (χ0n) is 30.3. The third kappa shape index (κ3) is 5.39. The van der Waals surface area contributed by atoms with Crippen molar-refractivity contribution in [2.75, 3.05) is 9.80 Å². The smallest absolute Gasteiger partial charge is 0.159 e. The Morgan fingerprint density at radius 3 is 1.55 bits per heavy atom. The fourth-order valence-electron chi connectivity index (χ4n) is 8.14. The molecule has 0 fully saturated rings. The van der Waals surface area contributed by atoms with Crippen molar-refractivity contribution in [3.05, 3.63) is 206 Å². The number of anilines is 6. The van der Waals surface area contributed by atoms with Crippen molar-refractivity contribution < 1.29 is 8.83 Å². The normalized spacial score (nSPS) is 11.6. The van der Waals surface area contributed by atoms with E-state index in [1.165, 1.54) is 16.3 Å². The average Bonchev–Trinajstić information content (AvgIpc) is 3.83. The number of furan rings is 2. The van der Waals surface area contributed by atoms with E-state index in [-0.39, 0.29) is 0 Å². The summed E-state index contributed by atoms with van der Waals surface area (Å²) < 4.78 is 13.3. The van der Waals surface area contributed by atoms with Gasteiger partial charge in [-0.1, -0.05) is 115 Å². The number of rotatable bonds is 7. The second kappa shape index (κ2) is 13.1. The summed E-state index contributed by atoms with van der Waals surface area (Å²) in [6, 6.07) is 72.5. The van der Waals surface area contributed by atoms with Crippen LogP contribution < -0.4 is 9.80 Å². The standard InChI is InChI=1S/C52H34N2O2/c1-3-14-39(15-4-1)54(40-16-5-2-6-17-40)48-20-11-19-47-46-31-29-43(34-51(46)56-52(47)48)53(42-28-30-45-44-18-9-10-21-49(44)55-50(45)33-42)41-26-24-36(25-27-41)38-23-22-35-12-7-8-13-37(35)32-38/h1-34H. The zero-order valence-corrected chi connectivity index (χ0v) is 30.3. The minimum absolute atomic E-state index is 0.814. The first-order chi connectivity index (χ1) is 27.7. The average molecular weight is 719 g/mol. The first-order valence-electron chi connectivity index (χ1n) is 18.9. The molecule has 0 N–H and O–H groups in total. The fraction of sp³-hybridized carbons (Fsp3) is 0. The summed E-state index contributed by atoms with van der Waals surface area (Å²) in [5.41, 5.74) is 11.8. The van der Waals surface area contributed by atoms with Crippen molar-refractivity contribution in [2.45, 2.75) is 0 Å². The highest BCUT2D eigenvalue weighted by Crippen LogP contribution is 2.45. The molecule has 0 atom stereocenters. The molecule has 0 aliphatic heterocycles. The number of para-hydroxylation sites is 4. The van der Waals surface area contributed by atoms with E-state index in [1.807, 2.05) is 24.3 Å². The van der Waals surface area contributed by atoms with Crippen molar-refractivity contribution in [1.29, 1.82) is 0 Å². The molecule has 0 unspecified atom stereocenters. The summed E-state index contributed by atoms with van der Waals surface area (Å²) in [4.78, 5) is 4.54. The quantitative estimate of drug-likeness (QED) is 0.164. The minimum Gasteiger partial charge on any atom is -0.456 e. The molecule has 0 radical (unpaired) electrons. The van der Waals surface area contributed by atoms with Gasteiger partial charge in [0.15, 0.2) is 5.58 Å². The molecule has 11 rings (SSSR count). The van der Waals surface area contributed by atoms with Crippen LogP contribution in [0, 0.1) is 0 Å². The van der Waals surface area contributed by atoms with Crippen molar-refractivity contribution in [3.8, 4) is 11.1 Å². The van der Waals surface area contributed by atoms with Crippen LogP contribution in [0.4, 0.5) is 34.1 Å². The van der Waals surface area contributed by atoms with Crippen LogP contribution in [0.25, 0.3) is 65.8 Å². The summed E-state index contributed by atoms with van der Waals surface area (Å²) in [7, 11) is 0. The van der Waals surface area contributed by atoms with Gasteiger partial charge in [-0.2, -0.15) is 0 Å². The highest BCUT2D eigenvalue weighted by Gasteiger charge is 2.21. The van der Waals surface area contributed by atoms with Gasteiger partial charge in [0.2, 0.25) is 0 Å². The predicted molar refractivity (Wildman–Crippen MR) is 233 cm³/mol. The van der Waals surface area contributed by atoms with Crippen LogP contribution in [0.2, 0.25) is 0 Å². The van der Waals surface area contributed by atoms with Gasteiger partial charge in [0.1, 0.15) is 16.7 Å². The Morgan fingerprint density at radius 2 is 0.821 bits per heavy atom. The molecular formula is C52H34N2O2. The van der Waals surface area contributed by atoms with E-state index >= 15 is 0 Å². The first-order valence-corrected chi connectivity index (χ1v) is 18.9. The number of fused-ring (bicyclic) bond motifs is 7. The molecule has 4 heteroatoms. The first kappa shape index (κ1) is 31.9. The second-order valence-corrected chi connectivity index (χ2v) is 14.2. The van der Waals surface area contributed by atoms with Crippen LogP contribution >= 0.6 is 0 Å². The van der Waals surface area contributed by atoms with E-state index < -0.39 is 0 Å². The number of hydrogen-bond acceptors (Lipinski definition) is 4. The fourth-order valence-corrected chi connectivity index (χ4v) is 8.14. The van der Waals surface area contributed by atoms with E-state index in [1.54, 1.807) is 0 Å². The highest BCUT2D eigenvalue weighted by molar-refractivity contribution is 6.11. The lowest BCUT2D eigenvalue weighted by Gasteiger charge is -2.25. The van der Waals surface area contributed by atoms with E-state index in [0.29, 0.717) is 0 Å². The maximum atomic E-state index is 6.91. The number of benzene rings is 9. The molecule has 56 heavy (non-hydrogen) atoms. The van der Waals surface area contributed by atoms with Crippen molar-refractivity contribution in [2.24, 2.45) is 0 Å². The van der Waals surface area contributed by atoms with Crippen LogP contribution in [-0.2, 0) is 0 Å². The van der Waals surface area contributed by atoms with Crippen LogP contribution in [-0.4, -0.2) is 0 Å². The van der Waals surface area contributed by atoms with Crippen molar-refractivity contribution in [1.82, 2.24) is 0 Å². The van der Waals surface area contributed by atoms with Gasteiger partial charge >= 0.3 is 0 Å². The van der Waals surface area contributed by atoms with Gasteiger partial charge < -0.3 is 18.6 Å². The molecule has 0 bridgehead atoms. The Hall–Kier alpha value is -7.56. The molecule has 2 heterocycles. The molecule has 11 aromatic rings. The molecule has 0 spiro atoms. The Morgan fingerprint density at radius 1 is 0.286 bits per heavy atom. The SMILES string of the molecule is c1ccc(N(c2ccccc2)c2cccc3c2oc2cc(N(c4ccc(-c5ccc6ccccc6c5)cc4)c4ccc5c(c4)oc4ccccc45)ccc23)cc1. The Balaban J connectivity index is 1.06. The zero-order chi connectivity index (χ0) is 37.0. The molecule has 0 saturated carbocycles. The Labute approximate surface area is 323 Å². The molecular weight excluding hydrogens is 685 g/mol. The van der Waals surface area contributed by atoms with Gasteiger partial charge in [-0.05, 0) is 101 Å². The van der Waals surface area contributed by atoms with E-state index in [9.17, 15) is 0 Å². The van der Waals surface area contributed by atoms with Gasteiger partial charge in [0.25, 0.3) is 0 Å². The second-order valence-electron chi connectivity index (χ2n) is 14.2. The summed E-state index contributed by atoms with van der Waals surface area (Å²) in [6.07, 6.45) is 0. The summed E-state index contributed by atoms with van der Waals surface area (Å²) >= 11 is 0. The van der Waals surface area contributed by atoms with E-state index in [2.05, 4.69) is 192 Å². The minimum atomic E-state index is 0.814. The maximum absolute atomic E-state index is 6.91. The lowest BCUT2D eigenvalue weighted by Crippen LogP contribution is -2.09. The Bertz CT molecular complexity index is 3160.